The maximum atomic E-state index is 9.67. The van der Waals surface area contributed by atoms with E-state index in [1.165, 1.54) is 93.0 Å². The van der Waals surface area contributed by atoms with Crippen LogP contribution in [0.4, 0.5) is 12.9 Å². The van der Waals surface area contributed by atoms with Crippen LogP contribution in [0, 0.1) is 20.8 Å². The van der Waals surface area contributed by atoms with Gasteiger partial charge in [0.15, 0.2) is 0 Å². The Kier molecular flexibility index (Phi) is 12.6. The Morgan fingerprint density at radius 2 is 1.23 bits per heavy atom. The summed E-state index contributed by atoms with van der Waals surface area (Å²) in [5.41, 5.74) is 5.43. The molecule has 0 spiro atoms. The number of aryl methyl sites for hydroxylation is 3. The van der Waals surface area contributed by atoms with Gasteiger partial charge in [0.05, 0.1) is 0 Å². The molecule has 31 heavy (non-hydrogen) atoms. The Bertz CT molecular complexity index is 726. The highest BCUT2D eigenvalue weighted by Crippen LogP contribution is 2.23. The average Bonchev–Trinajstić information content (AvgIpc) is 3.10. The zero-order valence-electron chi connectivity index (χ0n) is 19.2. The van der Waals surface area contributed by atoms with Crippen LogP contribution in [-0.4, -0.2) is 12.1 Å². The zero-order chi connectivity index (χ0) is 21.9. The minimum atomic E-state index is -3.67. The molecule has 0 N–H and O–H groups in total. The summed E-state index contributed by atoms with van der Waals surface area (Å²) in [6.45, 7) is 6.65. The number of hydrogen-bond acceptors (Lipinski definition) is 0. The fourth-order valence-electron chi connectivity index (χ4n) is 4.74. The lowest BCUT2D eigenvalue weighted by molar-refractivity contribution is -0.723. The van der Waals surface area contributed by atoms with Crippen molar-refractivity contribution in [1.29, 1.82) is 0 Å². The molecule has 1 aliphatic rings. The topological polar surface area (TPSA) is 8.81 Å². The molecule has 1 fully saturated rings. The van der Waals surface area contributed by atoms with E-state index < -0.39 is 7.54 Å². The Balaban J connectivity index is 0.000000885. The van der Waals surface area contributed by atoms with Crippen LogP contribution in [0.2, 0.25) is 0 Å². The Labute approximate surface area is 185 Å². The first-order valence-electron chi connectivity index (χ1n) is 11.5. The molecule has 0 aliphatic heterocycles. The van der Waals surface area contributed by atoms with E-state index in [4.69, 9.17) is 0 Å². The number of halogens is 4. The highest BCUT2D eigenvalue weighted by Gasteiger charge is 2.19. The van der Waals surface area contributed by atoms with Crippen molar-refractivity contribution in [3.05, 3.63) is 47.5 Å². The van der Waals surface area contributed by atoms with E-state index in [-0.39, 0.29) is 4.70 Å². The van der Waals surface area contributed by atoms with Crippen LogP contribution in [0.25, 0.3) is 5.69 Å². The van der Waals surface area contributed by atoms with Gasteiger partial charge in [-0.15, -0.1) is 0 Å². The molecule has 7 heteroatoms. The van der Waals surface area contributed by atoms with E-state index in [0.29, 0.717) is 6.04 Å². The third kappa shape index (κ3) is 9.48. The van der Waals surface area contributed by atoms with Gasteiger partial charge in [-0.1, -0.05) is 62.6 Å². The number of imidazole rings is 1. The van der Waals surface area contributed by atoms with E-state index in [9.17, 15) is 12.9 Å². The average molecular weight is 440 g/mol. The first-order valence-corrected chi connectivity index (χ1v) is 11.5. The number of hydrogen-bond donors (Lipinski definition) is 0. The van der Waals surface area contributed by atoms with Crippen LogP contribution in [-0.2, 0) is 0 Å². The molecule has 0 atom stereocenters. The van der Waals surface area contributed by atoms with Crippen molar-refractivity contribution < 1.29 is 22.2 Å². The molecule has 0 bridgehead atoms. The summed E-state index contributed by atoms with van der Waals surface area (Å²) < 4.78 is 33.8. The predicted molar refractivity (Wildman–Crippen MR) is 119 cm³/mol. The second kappa shape index (κ2) is 14.3. The second-order valence-corrected chi connectivity index (χ2v) is 8.68. The van der Waals surface area contributed by atoms with Gasteiger partial charge < -0.3 is 4.70 Å². The molecule has 3 rings (SSSR count). The third-order valence-electron chi connectivity index (χ3n) is 6.05. The van der Waals surface area contributed by atoms with Crippen molar-refractivity contribution in [2.24, 2.45) is 0 Å². The summed E-state index contributed by atoms with van der Waals surface area (Å²) in [5, 5.41) is 0. The van der Waals surface area contributed by atoms with Gasteiger partial charge in [-0.2, -0.15) is 0 Å². The lowest BCUT2D eigenvalue weighted by atomic mass is 9.98. The van der Waals surface area contributed by atoms with Gasteiger partial charge in [-0.05, 0) is 57.6 Å². The fraction of sp³-hybridized carbons (Fsp3) is 0.625. The Hall–Kier alpha value is -1.79. The third-order valence-corrected chi connectivity index (χ3v) is 6.05. The smallest absolute Gasteiger partial charge is 0.762 e. The molecular formula is C24H37BF4N2. The largest absolute Gasteiger partial charge is 1.00 e. The molecule has 0 unspecified atom stereocenters. The molecular weight excluding hydrogens is 403 g/mol. The van der Waals surface area contributed by atoms with Crippen molar-refractivity contribution in [2.45, 2.75) is 97.4 Å². The second-order valence-electron chi connectivity index (χ2n) is 8.68. The molecule has 0 amide bonds. The maximum Gasteiger partial charge on any atom is 0.762 e. The lowest BCUT2D eigenvalue weighted by Gasteiger charge is -2.15. The van der Waals surface area contributed by atoms with E-state index in [1.807, 2.05) is 0 Å². The fourth-order valence-corrected chi connectivity index (χ4v) is 4.74. The molecule has 2 nitrogen and oxygen atoms in total. The summed E-state index contributed by atoms with van der Waals surface area (Å²) in [7, 11) is -3.67. The van der Waals surface area contributed by atoms with Gasteiger partial charge >= 0.3 is 7.54 Å². The van der Waals surface area contributed by atoms with E-state index in [1.54, 1.807) is 0 Å². The van der Waals surface area contributed by atoms with Crippen molar-refractivity contribution in [3.63, 3.8) is 0 Å². The van der Waals surface area contributed by atoms with Crippen molar-refractivity contribution in [2.75, 3.05) is 0 Å². The minimum Gasteiger partial charge on any atom is -1.00 e. The molecule has 1 aromatic heterocycles. The highest BCUT2D eigenvalue weighted by molar-refractivity contribution is 6.33. The first kappa shape index (κ1) is 27.2. The standard InChI is InChI=1S/C24H37N2.BF3.FH/c1-20-17-21(2)24(22(3)18-20)26-16-15-25(19-26)23-13-11-9-7-5-4-6-8-10-12-14-23;2-1(3)4;/h15-19,23H,4-14H2,1-3H3;;1H/q+1;;/p-1. The number of rotatable bonds is 2. The summed E-state index contributed by atoms with van der Waals surface area (Å²) in [4.78, 5) is 0. The SMILES string of the molecule is Cc1cc(C)c(-n2cc[n+](C3CCCCCCCCCCC3)c2)c(C)c1.FB(F)F.[F-]. The van der Waals surface area contributed by atoms with Crippen molar-refractivity contribution >= 4 is 7.54 Å². The van der Waals surface area contributed by atoms with Crippen LogP contribution < -0.4 is 9.27 Å². The van der Waals surface area contributed by atoms with Gasteiger partial charge in [-0.25, -0.2) is 9.13 Å². The summed E-state index contributed by atoms with van der Waals surface area (Å²) >= 11 is 0. The van der Waals surface area contributed by atoms with Gasteiger partial charge in [0.2, 0.25) is 6.33 Å². The quantitative estimate of drug-likeness (QED) is 0.372. The molecule has 1 heterocycles. The van der Waals surface area contributed by atoms with Crippen molar-refractivity contribution in [1.82, 2.24) is 4.57 Å². The number of benzene rings is 1. The highest BCUT2D eigenvalue weighted by atomic mass is 19.4. The van der Waals surface area contributed by atoms with E-state index in [0.717, 1.165) is 0 Å². The van der Waals surface area contributed by atoms with Crippen LogP contribution in [0.3, 0.4) is 0 Å². The summed E-state index contributed by atoms with van der Waals surface area (Å²) in [6, 6.07) is 5.26. The zero-order valence-corrected chi connectivity index (χ0v) is 19.2. The van der Waals surface area contributed by atoms with Gasteiger partial charge in [0, 0.05) is 0 Å². The number of nitrogens with zero attached hydrogens (tertiary/aromatic N) is 2. The number of aromatic nitrogens is 2. The van der Waals surface area contributed by atoms with Gasteiger partial charge in [0.25, 0.3) is 0 Å². The predicted octanol–water partition coefficient (Wildman–Crippen LogP) is 4.42. The van der Waals surface area contributed by atoms with E-state index >= 15 is 0 Å². The lowest BCUT2D eigenvalue weighted by Crippen LogP contribution is -3.00. The summed E-state index contributed by atoms with van der Waals surface area (Å²) in [5.74, 6) is 0. The van der Waals surface area contributed by atoms with Gasteiger partial charge in [-0.3, -0.25) is 12.9 Å². The molecule has 174 valence electrons. The van der Waals surface area contributed by atoms with Crippen LogP contribution in [0.5, 0.6) is 0 Å². The summed E-state index contributed by atoms with van der Waals surface area (Å²) in [6.07, 6.45) is 22.3. The van der Waals surface area contributed by atoms with E-state index in [2.05, 4.69) is 60.8 Å². The molecule has 0 saturated heterocycles. The Morgan fingerprint density at radius 1 is 0.806 bits per heavy atom. The van der Waals surface area contributed by atoms with Crippen LogP contribution in [0.15, 0.2) is 30.9 Å². The first-order chi connectivity index (χ1) is 14.4. The molecule has 1 aromatic carbocycles. The van der Waals surface area contributed by atoms with Gasteiger partial charge in [0.1, 0.15) is 24.1 Å². The monoisotopic (exact) mass is 440 g/mol. The normalized spacial score (nSPS) is 16.2. The van der Waals surface area contributed by atoms with Crippen molar-refractivity contribution in [3.8, 4) is 5.69 Å². The maximum absolute atomic E-state index is 9.67. The molecule has 1 saturated carbocycles. The molecule has 0 radical (unpaired) electrons. The molecule has 2 aromatic rings. The van der Waals surface area contributed by atoms with Crippen LogP contribution >= 0.6 is 0 Å². The minimum absolute atomic E-state index is 0. The van der Waals surface area contributed by atoms with Crippen LogP contribution in [0.1, 0.15) is 93.4 Å². The Morgan fingerprint density at radius 3 is 1.68 bits per heavy atom. The molecule has 1 aliphatic carbocycles.